The standard InChI is InChI=1S/C20H26Cl2N4O3S/c1-15(19(27)24-20(14-23)7-3-2-4-8-20)25-9-11-26(12-10-25)30(28,29)16-5-6-17(21)18(22)13-16/h5-6,13,15H,2-4,7-12H2,1H3,(H,24,27). The first-order valence-electron chi connectivity index (χ1n) is 10.1. The number of halogens is 2. The van der Waals surface area contributed by atoms with Crippen LogP contribution < -0.4 is 5.32 Å². The van der Waals surface area contributed by atoms with Crippen LogP contribution in [-0.4, -0.2) is 61.3 Å². The number of carbonyl (C=O) groups excluding carboxylic acids is 1. The summed E-state index contributed by atoms with van der Waals surface area (Å²) in [5.41, 5.74) is -0.775. The number of rotatable bonds is 5. The zero-order valence-corrected chi connectivity index (χ0v) is 19.2. The number of piperazine rings is 1. The summed E-state index contributed by atoms with van der Waals surface area (Å²) >= 11 is 11.9. The molecule has 1 aliphatic heterocycles. The van der Waals surface area contributed by atoms with E-state index in [0.717, 1.165) is 19.3 Å². The van der Waals surface area contributed by atoms with Crippen molar-refractivity contribution < 1.29 is 13.2 Å². The largest absolute Gasteiger partial charge is 0.336 e. The summed E-state index contributed by atoms with van der Waals surface area (Å²) in [5, 5.41) is 13.0. The average molecular weight is 473 g/mol. The minimum Gasteiger partial charge on any atom is -0.336 e. The van der Waals surface area contributed by atoms with E-state index in [1.165, 1.54) is 22.5 Å². The maximum atomic E-state index is 12.9. The van der Waals surface area contributed by atoms with Crippen LogP contribution in [0.1, 0.15) is 39.0 Å². The Morgan fingerprint density at radius 1 is 1.13 bits per heavy atom. The lowest BCUT2D eigenvalue weighted by Crippen LogP contribution is -2.58. The second kappa shape index (κ2) is 9.41. The average Bonchev–Trinajstić information content (AvgIpc) is 2.75. The summed E-state index contributed by atoms with van der Waals surface area (Å²) in [7, 11) is -3.69. The molecule has 1 amide bonds. The maximum absolute atomic E-state index is 12.9. The third-order valence-corrected chi connectivity index (χ3v) is 8.65. The van der Waals surface area contributed by atoms with Crippen molar-refractivity contribution in [3.05, 3.63) is 28.2 Å². The number of hydrogen-bond donors (Lipinski definition) is 1. The van der Waals surface area contributed by atoms with Gasteiger partial charge in [0.15, 0.2) is 0 Å². The van der Waals surface area contributed by atoms with E-state index in [4.69, 9.17) is 23.2 Å². The van der Waals surface area contributed by atoms with Crippen molar-refractivity contribution in [2.75, 3.05) is 26.2 Å². The summed E-state index contributed by atoms with van der Waals surface area (Å²) in [5.74, 6) is -0.181. The van der Waals surface area contributed by atoms with Gasteiger partial charge in [0.25, 0.3) is 0 Å². The van der Waals surface area contributed by atoms with E-state index in [1.807, 2.05) is 4.90 Å². The molecule has 1 heterocycles. The maximum Gasteiger partial charge on any atom is 0.243 e. The molecule has 1 saturated carbocycles. The molecule has 1 N–H and O–H groups in total. The zero-order chi connectivity index (χ0) is 21.9. The molecule has 1 unspecified atom stereocenters. The van der Waals surface area contributed by atoms with Crippen LogP contribution >= 0.6 is 23.2 Å². The topological polar surface area (TPSA) is 93.5 Å². The van der Waals surface area contributed by atoms with Crippen LogP contribution in [0.2, 0.25) is 10.0 Å². The predicted molar refractivity (Wildman–Crippen MR) is 116 cm³/mol. The molecule has 1 aromatic rings. The van der Waals surface area contributed by atoms with Gasteiger partial charge in [0.1, 0.15) is 5.54 Å². The highest BCUT2D eigenvalue weighted by Gasteiger charge is 2.37. The third-order valence-electron chi connectivity index (χ3n) is 6.01. The molecular weight excluding hydrogens is 447 g/mol. The summed E-state index contributed by atoms with van der Waals surface area (Å²) < 4.78 is 27.2. The Hall–Kier alpha value is -1.37. The quantitative estimate of drug-likeness (QED) is 0.710. The van der Waals surface area contributed by atoms with E-state index in [0.29, 0.717) is 31.0 Å². The number of carbonyl (C=O) groups is 1. The Morgan fingerprint density at radius 3 is 2.33 bits per heavy atom. The zero-order valence-electron chi connectivity index (χ0n) is 16.9. The van der Waals surface area contributed by atoms with Gasteiger partial charge in [-0.05, 0) is 38.0 Å². The minimum atomic E-state index is -3.69. The molecule has 0 radical (unpaired) electrons. The molecule has 1 saturated heterocycles. The van der Waals surface area contributed by atoms with Gasteiger partial charge in [-0.25, -0.2) is 8.42 Å². The highest BCUT2D eigenvalue weighted by atomic mass is 35.5. The first-order valence-corrected chi connectivity index (χ1v) is 12.3. The van der Waals surface area contributed by atoms with Crippen LogP contribution in [0.4, 0.5) is 0 Å². The Morgan fingerprint density at radius 2 is 1.77 bits per heavy atom. The molecule has 0 aromatic heterocycles. The normalized spacial score (nSPS) is 21.5. The SMILES string of the molecule is CC(C(=O)NC1(C#N)CCCCC1)N1CCN(S(=O)(=O)c2ccc(Cl)c(Cl)c2)CC1. The highest BCUT2D eigenvalue weighted by Crippen LogP contribution is 2.29. The fourth-order valence-corrected chi connectivity index (χ4v) is 5.86. The van der Waals surface area contributed by atoms with Gasteiger partial charge in [-0.1, -0.05) is 42.5 Å². The van der Waals surface area contributed by atoms with Gasteiger partial charge in [-0.15, -0.1) is 0 Å². The summed E-state index contributed by atoms with van der Waals surface area (Å²) in [6.45, 7) is 3.18. The predicted octanol–water partition coefficient (Wildman–Crippen LogP) is 3.03. The van der Waals surface area contributed by atoms with Crippen LogP contribution in [0.25, 0.3) is 0 Å². The van der Waals surface area contributed by atoms with Crippen molar-refractivity contribution in [1.82, 2.24) is 14.5 Å². The van der Waals surface area contributed by atoms with E-state index in [-0.39, 0.29) is 28.9 Å². The molecule has 0 bridgehead atoms. The van der Waals surface area contributed by atoms with Gasteiger partial charge >= 0.3 is 0 Å². The van der Waals surface area contributed by atoms with Gasteiger partial charge in [-0.3, -0.25) is 9.69 Å². The molecule has 1 aliphatic carbocycles. The van der Waals surface area contributed by atoms with E-state index < -0.39 is 21.6 Å². The van der Waals surface area contributed by atoms with Crippen LogP contribution in [0.5, 0.6) is 0 Å². The first-order chi connectivity index (χ1) is 14.2. The number of nitrogens with zero attached hydrogens (tertiary/aromatic N) is 3. The minimum absolute atomic E-state index is 0.101. The molecule has 2 aliphatic rings. The lowest BCUT2D eigenvalue weighted by atomic mass is 9.82. The van der Waals surface area contributed by atoms with Crippen molar-refractivity contribution in [1.29, 1.82) is 5.26 Å². The lowest BCUT2D eigenvalue weighted by molar-refractivity contribution is -0.128. The van der Waals surface area contributed by atoms with E-state index in [1.54, 1.807) is 6.92 Å². The van der Waals surface area contributed by atoms with Gasteiger partial charge in [0.05, 0.1) is 27.1 Å². The molecule has 3 rings (SSSR count). The van der Waals surface area contributed by atoms with Crippen molar-refractivity contribution in [3.63, 3.8) is 0 Å². The van der Waals surface area contributed by atoms with Gasteiger partial charge in [0, 0.05) is 26.2 Å². The number of benzene rings is 1. The first kappa shape index (κ1) is 23.3. The van der Waals surface area contributed by atoms with Crippen LogP contribution in [-0.2, 0) is 14.8 Å². The summed E-state index contributed by atoms with van der Waals surface area (Å²) in [4.78, 5) is 14.8. The Kier molecular flexibility index (Phi) is 7.31. The van der Waals surface area contributed by atoms with Gasteiger partial charge in [0.2, 0.25) is 15.9 Å². The molecule has 164 valence electrons. The van der Waals surface area contributed by atoms with Gasteiger partial charge in [-0.2, -0.15) is 9.57 Å². The van der Waals surface area contributed by atoms with E-state index in [2.05, 4.69) is 11.4 Å². The molecular formula is C20H26Cl2N4O3S. The monoisotopic (exact) mass is 472 g/mol. The Labute approximate surface area is 188 Å². The molecule has 1 atom stereocenters. The number of sulfonamides is 1. The highest BCUT2D eigenvalue weighted by molar-refractivity contribution is 7.89. The number of hydrogen-bond acceptors (Lipinski definition) is 5. The molecule has 30 heavy (non-hydrogen) atoms. The summed E-state index contributed by atoms with van der Waals surface area (Å²) in [6.07, 6.45) is 4.32. The second-order valence-corrected chi connectivity index (χ2v) is 10.7. The van der Waals surface area contributed by atoms with Crippen molar-refractivity contribution >= 4 is 39.1 Å². The molecule has 7 nitrogen and oxygen atoms in total. The fourth-order valence-electron chi connectivity index (χ4n) is 4.04. The third kappa shape index (κ3) is 4.92. The van der Waals surface area contributed by atoms with E-state index >= 15 is 0 Å². The van der Waals surface area contributed by atoms with Crippen LogP contribution in [0, 0.1) is 11.3 Å². The number of nitrogens with one attached hydrogen (secondary N) is 1. The van der Waals surface area contributed by atoms with Crippen LogP contribution in [0.3, 0.4) is 0 Å². The smallest absolute Gasteiger partial charge is 0.243 e. The van der Waals surface area contributed by atoms with Crippen molar-refractivity contribution in [2.45, 2.75) is 55.5 Å². The van der Waals surface area contributed by atoms with Gasteiger partial charge < -0.3 is 5.32 Å². The van der Waals surface area contributed by atoms with Crippen molar-refractivity contribution in [2.24, 2.45) is 0 Å². The second-order valence-electron chi connectivity index (χ2n) is 7.94. The Bertz CT molecular complexity index is 934. The fraction of sp³-hybridized carbons (Fsp3) is 0.600. The molecule has 1 aromatic carbocycles. The lowest BCUT2D eigenvalue weighted by Gasteiger charge is -2.38. The summed E-state index contributed by atoms with van der Waals surface area (Å²) in [6, 6.07) is 6.13. The number of nitriles is 1. The number of amides is 1. The molecule has 0 spiro atoms. The Balaban J connectivity index is 1.61. The molecule has 2 fully saturated rings. The van der Waals surface area contributed by atoms with Crippen LogP contribution in [0.15, 0.2) is 23.1 Å². The van der Waals surface area contributed by atoms with E-state index in [9.17, 15) is 18.5 Å². The van der Waals surface area contributed by atoms with Crippen molar-refractivity contribution in [3.8, 4) is 6.07 Å². The molecule has 10 heteroatoms.